The van der Waals surface area contributed by atoms with Gasteiger partial charge in [-0.2, -0.15) is 13.2 Å². The molecule has 1 N–H and O–H groups in total. The number of amides is 1. The molecule has 0 aliphatic rings. The largest absolute Gasteiger partial charge is 0.416 e. The maximum absolute atomic E-state index is 12.8. The van der Waals surface area contributed by atoms with Gasteiger partial charge in [0.15, 0.2) is 5.13 Å². The van der Waals surface area contributed by atoms with E-state index in [9.17, 15) is 18.0 Å². The van der Waals surface area contributed by atoms with Crippen LogP contribution < -0.4 is 5.32 Å². The van der Waals surface area contributed by atoms with Gasteiger partial charge in [-0.3, -0.25) is 15.1 Å². The zero-order chi connectivity index (χ0) is 18.7. The van der Waals surface area contributed by atoms with Crippen molar-refractivity contribution >= 4 is 34.0 Å². The molecule has 1 amide bonds. The van der Waals surface area contributed by atoms with Gasteiger partial charge in [0, 0.05) is 40.5 Å². The first kappa shape index (κ1) is 18.3. The van der Waals surface area contributed by atoms with Crippen LogP contribution in [0.5, 0.6) is 0 Å². The molecule has 0 unspecified atom stereocenters. The summed E-state index contributed by atoms with van der Waals surface area (Å²) < 4.78 is 38.5. The van der Waals surface area contributed by atoms with Gasteiger partial charge in [0.1, 0.15) is 0 Å². The molecule has 1 aromatic carbocycles. The summed E-state index contributed by atoms with van der Waals surface area (Å²) in [5.41, 5.74) is 0.0162. The van der Waals surface area contributed by atoms with E-state index in [1.807, 2.05) is 0 Å². The van der Waals surface area contributed by atoms with Crippen molar-refractivity contribution in [2.45, 2.75) is 12.6 Å². The molecule has 0 saturated heterocycles. The van der Waals surface area contributed by atoms with Gasteiger partial charge in [-0.05, 0) is 35.9 Å². The van der Waals surface area contributed by atoms with Crippen molar-refractivity contribution in [2.75, 3.05) is 5.32 Å². The fourth-order valence-electron chi connectivity index (χ4n) is 2.19. The van der Waals surface area contributed by atoms with Crippen LogP contribution in [-0.4, -0.2) is 15.9 Å². The predicted molar refractivity (Wildman–Crippen MR) is 93.6 cm³/mol. The second-order valence-electron chi connectivity index (χ2n) is 5.30. The van der Waals surface area contributed by atoms with Crippen LogP contribution in [0.2, 0.25) is 5.02 Å². The van der Waals surface area contributed by atoms with Crippen LogP contribution in [0.15, 0.2) is 48.9 Å². The SMILES string of the molecule is O=C(Nc1ncc(Cc2cc(C(F)(F)F)ccc2Cl)s1)c1ccncc1. The van der Waals surface area contributed by atoms with Gasteiger partial charge in [-0.25, -0.2) is 4.98 Å². The molecule has 2 heterocycles. The Morgan fingerprint density at radius 1 is 1.19 bits per heavy atom. The maximum atomic E-state index is 12.8. The highest BCUT2D eigenvalue weighted by Crippen LogP contribution is 2.33. The molecular formula is C17H11ClF3N3OS. The van der Waals surface area contributed by atoms with Crippen molar-refractivity contribution in [1.29, 1.82) is 0 Å². The number of hydrogen-bond donors (Lipinski definition) is 1. The molecule has 134 valence electrons. The van der Waals surface area contributed by atoms with Crippen molar-refractivity contribution in [3.05, 3.63) is 75.5 Å². The van der Waals surface area contributed by atoms with Crippen molar-refractivity contribution in [1.82, 2.24) is 9.97 Å². The van der Waals surface area contributed by atoms with Gasteiger partial charge < -0.3 is 0 Å². The number of thiazole rings is 1. The number of rotatable bonds is 4. The van der Waals surface area contributed by atoms with E-state index in [1.165, 1.54) is 36.0 Å². The number of halogens is 4. The molecule has 2 aromatic heterocycles. The van der Waals surface area contributed by atoms with Crippen LogP contribution in [0, 0.1) is 0 Å². The Morgan fingerprint density at radius 2 is 1.92 bits per heavy atom. The zero-order valence-electron chi connectivity index (χ0n) is 13.0. The number of benzene rings is 1. The lowest BCUT2D eigenvalue weighted by Crippen LogP contribution is -2.11. The van der Waals surface area contributed by atoms with E-state index in [-0.39, 0.29) is 17.4 Å². The van der Waals surface area contributed by atoms with E-state index in [4.69, 9.17) is 11.6 Å². The molecule has 0 aliphatic heterocycles. The third kappa shape index (κ3) is 4.39. The molecule has 0 atom stereocenters. The average molecular weight is 398 g/mol. The molecule has 0 saturated carbocycles. The van der Waals surface area contributed by atoms with E-state index < -0.39 is 11.7 Å². The Balaban J connectivity index is 1.74. The third-order valence-corrected chi connectivity index (χ3v) is 4.74. The number of carbonyl (C=O) groups is 1. The lowest BCUT2D eigenvalue weighted by Gasteiger charge is -2.09. The van der Waals surface area contributed by atoms with Crippen LogP contribution in [-0.2, 0) is 12.6 Å². The topological polar surface area (TPSA) is 54.9 Å². The molecule has 0 aliphatic carbocycles. The van der Waals surface area contributed by atoms with Gasteiger partial charge >= 0.3 is 6.18 Å². The zero-order valence-corrected chi connectivity index (χ0v) is 14.6. The summed E-state index contributed by atoms with van der Waals surface area (Å²) >= 11 is 7.18. The first-order valence-corrected chi connectivity index (χ1v) is 8.54. The molecule has 0 spiro atoms. The number of pyridine rings is 1. The molecular weight excluding hydrogens is 387 g/mol. The Bertz CT molecular complexity index is 929. The predicted octanol–water partition coefficient (Wildman–Crippen LogP) is 5.05. The van der Waals surface area contributed by atoms with E-state index in [2.05, 4.69) is 15.3 Å². The summed E-state index contributed by atoms with van der Waals surface area (Å²) in [5, 5.41) is 3.24. The second-order valence-corrected chi connectivity index (χ2v) is 6.82. The van der Waals surface area contributed by atoms with Crippen LogP contribution in [0.3, 0.4) is 0 Å². The van der Waals surface area contributed by atoms with Gasteiger partial charge in [0.2, 0.25) is 0 Å². The van der Waals surface area contributed by atoms with Gasteiger partial charge in [0.25, 0.3) is 5.91 Å². The minimum absolute atomic E-state index is 0.186. The lowest BCUT2D eigenvalue weighted by molar-refractivity contribution is -0.137. The van der Waals surface area contributed by atoms with Crippen molar-refractivity contribution in [3.63, 3.8) is 0 Å². The van der Waals surface area contributed by atoms with Gasteiger partial charge in [0.05, 0.1) is 5.56 Å². The monoisotopic (exact) mass is 397 g/mol. The standard InChI is InChI=1S/C17H11ClF3N3OS/c18-14-2-1-12(17(19,20)21)7-11(14)8-13-9-23-16(26-13)24-15(25)10-3-5-22-6-4-10/h1-7,9H,8H2,(H,23,24,25). The van der Waals surface area contributed by atoms with E-state index >= 15 is 0 Å². The third-order valence-electron chi connectivity index (χ3n) is 3.45. The molecule has 0 radical (unpaired) electrons. The smallest absolute Gasteiger partial charge is 0.298 e. The maximum Gasteiger partial charge on any atom is 0.416 e. The number of hydrogen-bond acceptors (Lipinski definition) is 4. The Labute approximate surface area is 155 Å². The number of alkyl halides is 3. The van der Waals surface area contributed by atoms with Crippen LogP contribution >= 0.6 is 22.9 Å². The Morgan fingerprint density at radius 3 is 2.62 bits per heavy atom. The fraction of sp³-hybridized carbons (Fsp3) is 0.118. The molecule has 3 rings (SSSR count). The minimum Gasteiger partial charge on any atom is -0.298 e. The summed E-state index contributed by atoms with van der Waals surface area (Å²) in [7, 11) is 0. The van der Waals surface area contributed by atoms with Crippen molar-refractivity contribution in [3.8, 4) is 0 Å². The number of carbonyl (C=O) groups excluding carboxylic acids is 1. The molecule has 3 aromatic rings. The molecule has 0 fully saturated rings. The lowest BCUT2D eigenvalue weighted by atomic mass is 10.1. The number of nitrogens with one attached hydrogen (secondary N) is 1. The van der Waals surface area contributed by atoms with Crippen molar-refractivity contribution < 1.29 is 18.0 Å². The molecule has 0 bridgehead atoms. The first-order valence-electron chi connectivity index (χ1n) is 7.34. The van der Waals surface area contributed by atoms with Gasteiger partial charge in [-0.1, -0.05) is 11.6 Å². The molecule has 26 heavy (non-hydrogen) atoms. The average Bonchev–Trinajstić information content (AvgIpc) is 3.03. The summed E-state index contributed by atoms with van der Waals surface area (Å²) in [6, 6.07) is 6.32. The van der Waals surface area contributed by atoms with Crippen LogP contribution in [0.4, 0.5) is 18.3 Å². The van der Waals surface area contributed by atoms with Crippen LogP contribution in [0.25, 0.3) is 0 Å². The summed E-state index contributed by atoms with van der Waals surface area (Å²) in [6.07, 6.45) is 0.251. The van der Waals surface area contributed by atoms with E-state index in [1.54, 1.807) is 12.1 Å². The summed E-state index contributed by atoms with van der Waals surface area (Å²) in [5.74, 6) is -0.342. The summed E-state index contributed by atoms with van der Waals surface area (Å²) in [6.45, 7) is 0. The highest BCUT2D eigenvalue weighted by molar-refractivity contribution is 7.15. The molecule has 9 heteroatoms. The minimum atomic E-state index is -4.43. The molecule has 4 nitrogen and oxygen atoms in total. The first-order chi connectivity index (χ1) is 12.3. The van der Waals surface area contributed by atoms with Gasteiger partial charge in [-0.15, -0.1) is 11.3 Å². The fourth-order valence-corrected chi connectivity index (χ4v) is 3.21. The van der Waals surface area contributed by atoms with Crippen molar-refractivity contribution in [2.24, 2.45) is 0 Å². The summed E-state index contributed by atoms with van der Waals surface area (Å²) in [4.78, 5) is 20.7. The normalized spacial score (nSPS) is 11.4. The van der Waals surface area contributed by atoms with E-state index in [0.717, 1.165) is 12.1 Å². The van der Waals surface area contributed by atoms with Crippen LogP contribution in [0.1, 0.15) is 26.4 Å². The Kier molecular flexibility index (Phi) is 5.24. The second kappa shape index (κ2) is 7.43. The number of nitrogens with zero attached hydrogens (tertiary/aromatic N) is 2. The highest BCUT2D eigenvalue weighted by atomic mass is 35.5. The quantitative estimate of drug-likeness (QED) is 0.670. The Hall–Kier alpha value is -2.45. The highest BCUT2D eigenvalue weighted by Gasteiger charge is 2.30. The number of aromatic nitrogens is 2. The van der Waals surface area contributed by atoms with E-state index in [0.29, 0.717) is 21.1 Å². The number of anilines is 1.